The molecule has 0 saturated carbocycles. The van der Waals surface area contributed by atoms with E-state index < -0.39 is 0 Å². The third-order valence-electron chi connectivity index (χ3n) is 2.29. The van der Waals surface area contributed by atoms with E-state index in [4.69, 9.17) is 9.26 Å². The number of rotatable bonds is 2. The van der Waals surface area contributed by atoms with Gasteiger partial charge in [-0.15, -0.1) is 0 Å². The zero-order valence-corrected chi connectivity index (χ0v) is 7.75. The van der Waals surface area contributed by atoms with Crippen LogP contribution in [-0.2, 0) is 0 Å². The van der Waals surface area contributed by atoms with Crippen LogP contribution in [0.3, 0.4) is 0 Å². The molecule has 1 aliphatic rings. The summed E-state index contributed by atoms with van der Waals surface area (Å²) in [5, 5.41) is 6.96. The number of nitrogens with zero attached hydrogens (tertiary/aromatic N) is 1. The molecule has 2 rings (SSSR count). The molecule has 4 heteroatoms. The molecular weight excluding hydrogens is 168 g/mol. The predicted molar refractivity (Wildman–Crippen MR) is 47.8 cm³/mol. The summed E-state index contributed by atoms with van der Waals surface area (Å²) in [4.78, 5) is 0. The second-order valence-corrected chi connectivity index (χ2v) is 3.31. The number of hydrogen-bond acceptors (Lipinski definition) is 4. The largest absolute Gasteiger partial charge is 0.485 e. The molecule has 0 atom stereocenters. The number of nitrogens with one attached hydrogen (secondary N) is 1. The minimum Gasteiger partial charge on any atom is -0.485 e. The summed E-state index contributed by atoms with van der Waals surface area (Å²) in [6, 6.07) is 0. The van der Waals surface area contributed by atoms with Crippen molar-refractivity contribution in [3.8, 4) is 5.75 Å². The van der Waals surface area contributed by atoms with E-state index in [0.717, 1.165) is 37.4 Å². The highest BCUT2D eigenvalue weighted by molar-refractivity contribution is 5.19. The first-order valence-electron chi connectivity index (χ1n) is 4.65. The van der Waals surface area contributed by atoms with Gasteiger partial charge in [-0.05, 0) is 25.9 Å². The van der Waals surface area contributed by atoms with E-state index in [1.54, 1.807) is 6.20 Å². The number of aryl methyl sites for hydroxylation is 1. The molecule has 1 N–H and O–H groups in total. The quantitative estimate of drug-likeness (QED) is 0.744. The lowest BCUT2D eigenvalue weighted by Gasteiger charge is -2.22. The third-order valence-corrected chi connectivity index (χ3v) is 2.29. The van der Waals surface area contributed by atoms with Gasteiger partial charge in [0.1, 0.15) is 12.3 Å². The molecule has 0 spiro atoms. The average Bonchev–Trinajstić information content (AvgIpc) is 2.54. The van der Waals surface area contributed by atoms with E-state index in [1.807, 2.05) is 6.92 Å². The molecule has 0 aliphatic carbocycles. The Hall–Kier alpha value is -1.03. The zero-order valence-electron chi connectivity index (χ0n) is 7.75. The Balaban J connectivity index is 1.93. The van der Waals surface area contributed by atoms with Gasteiger partial charge in [0.15, 0.2) is 11.5 Å². The van der Waals surface area contributed by atoms with Crippen molar-refractivity contribution in [2.45, 2.75) is 25.9 Å². The number of piperidine rings is 1. The second-order valence-electron chi connectivity index (χ2n) is 3.31. The second kappa shape index (κ2) is 3.79. The SMILES string of the molecule is Cc1oncc1OC1CCNCC1. The lowest BCUT2D eigenvalue weighted by Crippen LogP contribution is -2.34. The van der Waals surface area contributed by atoms with Crippen LogP contribution in [-0.4, -0.2) is 24.4 Å². The van der Waals surface area contributed by atoms with Gasteiger partial charge >= 0.3 is 0 Å². The molecule has 1 saturated heterocycles. The normalized spacial score (nSPS) is 18.8. The first-order valence-corrected chi connectivity index (χ1v) is 4.65. The Morgan fingerprint density at radius 1 is 1.54 bits per heavy atom. The first kappa shape index (κ1) is 8.56. The van der Waals surface area contributed by atoms with Gasteiger partial charge in [0.05, 0.1) is 0 Å². The lowest BCUT2D eigenvalue weighted by atomic mass is 10.1. The van der Waals surface area contributed by atoms with Gasteiger partial charge in [-0.1, -0.05) is 5.16 Å². The molecule has 1 fully saturated rings. The van der Waals surface area contributed by atoms with Crippen LogP contribution in [0.25, 0.3) is 0 Å². The maximum atomic E-state index is 5.73. The fraction of sp³-hybridized carbons (Fsp3) is 0.667. The van der Waals surface area contributed by atoms with Crippen molar-refractivity contribution in [1.82, 2.24) is 10.5 Å². The summed E-state index contributed by atoms with van der Waals surface area (Å²) in [5.41, 5.74) is 0. The smallest absolute Gasteiger partial charge is 0.182 e. The van der Waals surface area contributed by atoms with Crippen molar-refractivity contribution >= 4 is 0 Å². The number of hydrogen-bond donors (Lipinski definition) is 1. The summed E-state index contributed by atoms with van der Waals surface area (Å²) >= 11 is 0. The van der Waals surface area contributed by atoms with Crippen molar-refractivity contribution in [3.05, 3.63) is 12.0 Å². The van der Waals surface area contributed by atoms with E-state index >= 15 is 0 Å². The lowest BCUT2D eigenvalue weighted by molar-refractivity contribution is 0.159. The van der Waals surface area contributed by atoms with Crippen LogP contribution >= 0.6 is 0 Å². The van der Waals surface area contributed by atoms with Crippen LogP contribution in [0, 0.1) is 6.92 Å². The van der Waals surface area contributed by atoms with Gasteiger partial charge in [0.2, 0.25) is 0 Å². The van der Waals surface area contributed by atoms with Gasteiger partial charge in [-0.2, -0.15) is 0 Å². The molecule has 1 aromatic heterocycles. The van der Waals surface area contributed by atoms with Crippen LogP contribution in [0.2, 0.25) is 0 Å². The minimum absolute atomic E-state index is 0.319. The summed E-state index contributed by atoms with van der Waals surface area (Å²) in [6.45, 7) is 3.94. The maximum Gasteiger partial charge on any atom is 0.182 e. The molecule has 1 aromatic rings. The van der Waals surface area contributed by atoms with Crippen LogP contribution in [0.15, 0.2) is 10.7 Å². The van der Waals surface area contributed by atoms with E-state index in [1.165, 1.54) is 0 Å². The summed E-state index contributed by atoms with van der Waals surface area (Å²) < 4.78 is 10.6. The van der Waals surface area contributed by atoms with Crippen molar-refractivity contribution in [3.63, 3.8) is 0 Å². The third kappa shape index (κ3) is 2.01. The minimum atomic E-state index is 0.319. The highest BCUT2D eigenvalue weighted by Gasteiger charge is 2.16. The number of ether oxygens (including phenoxy) is 1. The zero-order chi connectivity index (χ0) is 9.10. The van der Waals surface area contributed by atoms with Crippen molar-refractivity contribution in [2.75, 3.05) is 13.1 Å². The predicted octanol–water partition coefficient (Wildman–Crippen LogP) is 1.11. The molecule has 0 bridgehead atoms. The van der Waals surface area contributed by atoms with Gasteiger partial charge < -0.3 is 14.6 Å². The first-order chi connectivity index (χ1) is 6.36. The molecule has 2 heterocycles. The molecule has 0 unspecified atom stereocenters. The molecule has 0 aromatic carbocycles. The monoisotopic (exact) mass is 182 g/mol. The molecular formula is C9H14N2O2. The van der Waals surface area contributed by atoms with Crippen molar-refractivity contribution in [1.29, 1.82) is 0 Å². The van der Waals surface area contributed by atoms with Crippen LogP contribution in [0.1, 0.15) is 18.6 Å². The van der Waals surface area contributed by atoms with Gasteiger partial charge in [-0.25, -0.2) is 0 Å². The van der Waals surface area contributed by atoms with Crippen molar-refractivity contribution < 1.29 is 9.26 Å². The summed E-state index contributed by atoms with van der Waals surface area (Å²) in [5.74, 6) is 1.55. The Labute approximate surface area is 77.2 Å². The van der Waals surface area contributed by atoms with E-state index in [2.05, 4.69) is 10.5 Å². The van der Waals surface area contributed by atoms with Gasteiger partial charge in [0, 0.05) is 6.92 Å². The summed E-state index contributed by atoms with van der Waals surface area (Å²) in [6.07, 6.45) is 4.08. The molecule has 72 valence electrons. The number of aromatic nitrogens is 1. The topological polar surface area (TPSA) is 47.3 Å². The fourth-order valence-corrected chi connectivity index (χ4v) is 1.50. The van der Waals surface area contributed by atoms with E-state index in [0.29, 0.717) is 6.10 Å². The fourth-order valence-electron chi connectivity index (χ4n) is 1.50. The molecule has 0 radical (unpaired) electrons. The summed E-state index contributed by atoms with van der Waals surface area (Å²) in [7, 11) is 0. The molecule has 0 amide bonds. The average molecular weight is 182 g/mol. The Kier molecular flexibility index (Phi) is 2.49. The Bertz CT molecular complexity index is 266. The Morgan fingerprint density at radius 3 is 2.92 bits per heavy atom. The van der Waals surface area contributed by atoms with E-state index in [-0.39, 0.29) is 0 Å². The van der Waals surface area contributed by atoms with Crippen LogP contribution in [0.5, 0.6) is 5.75 Å². The van der Waals surface area contributed by atoms with Gasteiger partial charge in [-0.3, -0.25) is 0 Å². The molecule has 1 aliphatic heterocycles. The Morgan fingerprint density at radius 2 is 2.31 bits per heavy atom. The molecule has 4 nitrogen and oxygen atoms in total. The standard InChI is InChI=1S/C9H14N2O2/c1-7-9(6-11-13-7)12-8-2-4-10-5-3-8/h6,8,10H,2-5H2,1H3. The van der Waals surface area contributed by atoms with Crippen LogP contribution in [0.4, 0.5) is 0 Å². The highest BCUT2D eigenvalue weighted by atomic mass is 16.5. The highest BCUT2D eigenvalue weighted by Crippen LogP contribution is 2.20. The van der Waals surface area contributed by atoms with E-state index in [9.17, 15) is 0 Å². The maximum absolute atomic E-state index is 5.73. The van der Waals surface area contributed by atoms with Crippen molar-refractivity contribution in [2.24, 2.45) is 0 Å². The van der Waals surface area contributed by atoms with Gasteiger partial charge in [0.25, 0.3) is 0 Å². The molecule has 13 heavy (non-hydrogen) atoms. The van der Waals surface area contributed by atoms with Crippen LogP contribution < -0.4 is 10.1 Å².